The first-order valence-corrected chi connectivity index (χ1v) is 10.6. The maximum absolute atomic E-state index is 13.1. The van der Waals surface area contributed by atoms with E-state index in [0.717, 1.165) is 25.2 Å². The van der Waals surface area contributed by atoms with Crippen molar-refractivity contribution in [1.29, 1.82) is 0 Å². The molecule has 1 aromatic rings. The summed E-state index contributed by atoms with van der Waals surface area (Å²) < 4.78 is 45.2. The molecular formula is C18H26FN3O4S. The lowest BCUT2D eigenvalue weighted by molar-refractivity contribution is -0.148. The fraction of sp³-hybridized carbons (Fsp3) is 0.611. The lowest BCUT2D eigenvalue weighted by Crippen LogP contribution is -2.57. The Bertz CT molecular complexity index is 750. The molecule has 1 amide bonds. The maximum Gasteiger partial charge on any atom is 0.243 e. The number of benzene rings is 1. The van der Waals surface area contributed by atoms with Crippen LogP contribution in [0.3, 0.4) is 0 Å². The molecule has 0 bridgehead atoms. The third-order valence-corrected chi connectivity index (χ3v) is 7.33. The second kappa shape index (κ2) is 8.22. The molecule has 150 valence electrons. The van der Waals surface area contributed by atoms with Gasteiger partial charge in [-0.1, -0.05) is 0 Å². The molecule has 2 aliphatic rings. The Balaban J connectivity index is 1.67. The van der Waals surface area contributed by atoms with Gasteiger partial charge in [-0.2, -0.15) is 4.31 Å². The highest BCUT2D eigenvalue weighted by Crippen LogP contribution is 2.32. The molecule has 27 heavy (non-hydrogen) atoms. The average Bonchev–Trinajstić information content (AvgIpc) is 2.69. The second-order valence-electron chi connectivity index (χ2n) is 7.11. The fourth-order valence-corrected chi connectivity index (χ4v) is 5.25. The summed E-state index contributed by atoms with van der Waals surface area (Å²) in [5, 5.41) is 3.26. The Kier molecular flexibility index (Phi) is 6.15. The SMILES string of the molecule is COCC1(C(=O)N2CCN(S(=O)(=O)c3ccc(F)cc3)CC2)CCNCC1. The predicted octanol–water partition coefficient (Wildman–Crippen LogP) is 0.675. The average molecular weight is 399 g/mol. The van der Waals surface area contributed by atoms with Crippen LogP contribution in [0.4, 0.5) is 4.39 Å². The molecule has 2 saturated heterocycles. The zero-order chi connectivity index (χ0) is 19.5. The number of hydrogen-bond acceptors (Lipinski definition) is 5. The van der Waals surface area contributed by atoms with Crippen LogP contribution in [0.2, 0.25) is 0 Å². The molecule has 2 aliphatic heterocycles. The molecule has 1 aromatic carbocycles. The van der Waals surface area contributed by atoms with Gasteiger partial charge in [0.2, 0.25) is 15.9 Å². The standard InChI is InChI=1S/C18H26FN3O4S/c1-26-14-18(6-8-20-9-7-18)17(23)21-10-12-22(13-11-21)27(24,25)16-4-2-15(19)3-5-16/h2-5,20H,6-14H2,1H3. The number of carbonyl (C=O) groups is 1. The van der Waals surface area contributed by atoms with Crippen molar-refractivity contribution in [2.75, 3.05) is 53.0 Å². The van der Waals surface area contributed by atoms with Gasteiger partial charge in [0.1, 0.15) is 5.82 Å². The first kappa shape index (κ1) is 20.2. The van der Waals surface area contributed by atoms with Gasteiger partial charge >= 0.3 is 0 Å². The molecule has 0 saturated carbocycles. The number of carbonyl (C=O) groups excluding carboxylic acids is 1. The molecule has 0 aliphatic carbocycles. The molecule has 0 atom stereocenters. The summed E-state index contributed by atoms with van der Waals surface area (Å²) in [6.07, 6.45) is 1.43. The largest absolute Gasteiger partial charge is 0.384 e. The van der Waals surface area contributed by atoms with E-state index in [1.165, 1.54) is 16.4 Å². The minimum atomic E-state index is -3.68. The molecule has 0 aromatic heterocycles. The molecule has 7 nitrogen and oxygen atoms in total. The van der Waals surface area contributed by atoms with E-state index in [2.05, 4.69) is 5.32 Å². The fourth-order valence-electron chi connectivity index (χ4n) is 3.82. The van der Waals surface area contributed by atoms with Crippen LogP contribution in [0.15, 0.2) is 29.2 Å². The Labute approximate surface area is 159 Å². The maximum atomic E-state index is 13.1. The molecule has 2 heterocycles. The highest BCUT2D eigenvalue weighted by atomic mass is 32.2. The number of piperazine rings is 1. The molecule has 0 spiro atoms. The normalized spacial score (nSPS) is 21.2. The molecule has 3 rings (SSSR count). The van der Waals surface area contributed by atoms with Crippen LogP contribution >= 0.6 is 0 Å². The van der Waals surface area contributed by atoms with Crippen molar-refractivity contribution in [1.82, 2.24) is 14.5 Å². The summed E-state index contributed by atoms with van der Waals surface area (Å²) >= 11 is 0. The van der Waals surface area contributed by atoms with Gasteiger partial charge in [-0.3, -0.25) is 4.79 Å². The van der Waals surface area contributed by atoms with Gasteiger partial charge < -0.3 is 15.0 Å². The van der Waals surface area contributed by atoms with Crippen LogP contribution in [0, 0.1) is 11.2 Å². The number of sulfonamides is 1. The summed E-state index contributed by atoms with van der Waals surface area (Å²) in [5.41, 5.74) is -0.530. The van der Waals surface area contributed by atoms with Crippen molar-refractivity contribution in [3.63, 3.8) is 0 Å². The minimum absolute atomic E-state index is 0.0460. The number of nitrogens with one attached hydrogen (secondary N) is 1. The van der Waals surface area contributed by atoms with E-state index in [1.54, 1.807) is 12.0 Å². The zero-order valence-corrected chi connectivity index (χ0v) is 16.3. The molecule has 2 fully saturated rings. The van der Waals surface area contributed by atoms with Crippen molar-refractivity contribution in [2.45, 2.75) is 17.7 Å². The smallest absolute Gasteiger partial charge is 0.243 e. The zero-order valence-electron chi connectivity index (χ0n) is 15.5. The highest BCUT2D eigenvalue weighted by molar-refractivity contribution is 7.89. The van der Waals surface area contributed by atoms with Crippen LogP contribution in [0.5, 0.6) is 0 Å². The summed E-state index contributed by atoms with van der Waals surface area (Å²) in [5.74, 6) is -0.431. The molecule has 0 radical (unpaired) electrons. The lowest BCUT2D eigenvalue weighted by Gasteiger charge is -2.42. The quantitative estimate of drug-likeness (QED) is 0.788. The first-order valence-electron chi connectivity index (χ1n) is 9.14. The van der Waals surface area contributed by atoms with Crippen LogP contribution in [0.1, 0.15) is 12.8 Å². The van der Waals surface area contributed by atoms with Gasteiger partial charge in [-0.25, -0.2) is 12.8 Å². The lowest BCUT2D eigenvalue weighted by atomic mass is 9.78. The number of hydrogen-bond donors (Lipinski definition) is 1. The summed E-state index contributed by atoms with van der Waals surface area (Å²) in [7, 11) is -2.08. The minimum Gasteiger partial charge on any atom is -0.384 e. The van der Waals surface area contributed by atoms with Gasteiger partial charge in [0.15, 0.2) is 0 Å². The van der Waals surface area contributed by atoms with Crippen molar-refractivity contribution in [2.24, 2.45) is 5.41 Å². The third kappa shape index (κ3) is 4.16. The van der Waals surface area contributed by atoms with E-state index in [-0.39, 0.29) is 23.9 Å². The highest BCUT2D eigenvalue weighted by Gasteiger charge is 2.43. The number of amides is 1. The van der Waals surface area contributed by atoms with Crippen molar-refractivity contribution >= 4 is 15.9 Å². The van der Waals surface area contributed by atoms with Crippen molar-refractivity contribution < 1.29 is 22.3 Å². The summed E-state index contributed by atoms with van der Waals surface area (Å²) in [6.45, 7) is 3.07. The number of rotatable bonds is 5. The number of piperidine rings is 1. The number of ether oxygens (including phenoxy) is 1. The van der Waals surface area contributed by atoms with Crippen LogP contribution in [-0.4, -0.2) is 76.5 Å². The van der Waals surface area contributed by atoms with E-state index >= 15 is 0 Å². The van der Waals surface area contributed by atoms with Gasteiger partial charge in [-0.15, -0.1) is 0 Å². The number of nitrogens with zero attached hydrogens (tertiary/aromatic N) is 2. The molecule has 9 heteroatoms. The van der Waals surface area contributed by atoms with Crippen molar-refractivity contribution in [3.05, 3.63) is 30.1 Å². The Hall–Kier alpha value is -1.55. The first-order chi connectivity index (χ1) is 12.9. The van der Waals surface area contributed by atoms with Gasteiger partial charge in [0.25, 0.3) is 0 Å². The Morgan fingerprint density at radius 2 is 1.74 bits per heavy atom. The predicted molar refractivity (Wildman–Crippen MR) is 98.2 cm³/mol. The van der Waals surface area contributed by atoms with Crippen LogP contribution < -0.4 is 5.32 Å². The number of methoxy groups -OCH3 is 1. The molecule has 0 unspecified atom stereocenters. The Morgan fingerprint density at radius 1 is 1.15 bits per heavy atom. The third-order valence-electron chi connectivity index (χ3n) is 5.41. The summed E-state index contributed by atoms with van der Waals surface area (Å²) in [4.78, 5) is 15.0. The van der Waals surface area contributed by atoms with Gasteiger partial charge in [0, 0.05) is 33.3 Å². The van der Waals surface area contributed by atoms with E-state index in [1.807, 2.05) is 0 Å². The monoisotopic (exact) mass is 399 g/mol. The van der Waals surface area contributed by atoms with E-state index in [0.29, 0.717) is 32.5 Å². The summed E-state index contributed by atoms with van der Waals surface area (Å²) in [6, 6.07) is 4.81. The molecular weight excluding hydrogens is 373 g/mol. The van der Waals surface area contributed by atoms with E-state index in [4.69, 9.17) is 4.74 Å². The van der Waals surface area contributed by atoms with Gasteiger partial charge in [0.05, 0.1) is 16.9 Å². The van der Waals surface area contributed by atoms with Gasteiger partial charge in [-0.05, 0) is 50.2 Å². The second-order valence-corrected chi connectivity index (χ2v) is 9.05. The van der Waals surface area contributed by atoms with E-state index in [9.17, 15) is 17.6 Å². The van der Waals surface area contributed by atoms with Crippen LogP contribution in [0.25, 0.3) is 0 Å². The molecule has 1 N–H and O–H groups in total. The Morgan fingerprint density at radius 3 is 2.30 bits per heavy atom. The van der Waals surface area contributed by atoms with E-state index < -0.39 is 21.3 Å². The van der Waals surface area contributed by atoms with Crippen LogP contribution in [-0.2, 0) is 19.6 Å². The number of halogens is 1. The topological polar surface area (TPSA) is 79.0 Å². The van der Waals surface area contributed by atoms with Crippen molar-refractivity contribution in [3.8, 4) is 0 Å².